The lowest BCUT2D eigenvalue weighted by atomic mass is 10.0. The van der Waals surface area contributed by atoms with E-state index in [1.807, 2.05) is 35.2 Å². The number of fused-ring (bicyclic) bond motifs is 1. The molecule has 0 saturated carbocycles. The Bertz CT molecular complexity index is 925. The van der Waals surface area contributed by atoms with Crippen LogP contribution < -0.4 is 5.32 Å². The molecule has 1 aliphatic rings. The summed E-state index contributed by atoms with van der Waals surface area (Å²) in [4.78, 5) is 18.5. The Morgan fingerprint density at radius 3 is 2.59 bits per heavy atom. The summed E-state index contributed by atoms with van der Waals surface area (Å²) >= 11 is 0. The normalized spacial score (nSPS) is 16.2. The highest BCUT2D eigenvalue weighted by Crippen LogP contribution is 2.29. The Morgan fingerprint density at radius 2 is 1.85 bits per heavy atom. The van der Waals surface area contributed by atoms with E-state index in [4.69, 9.17) is 0 Å². The summed E-state index contributed by atoms with van der Waals surface area (Å²) in [6, 6.07) is 20.9. The molecule has 136 valence electrons. The molecule has 4 rings (SSSR count). The summed E-state index contributed by atoms with van der Waals surface area (Å²) in [6.45, 7) is 3.03. The van der Waals surface area contributed by atoms with Crippen molar-refractivity contribution in [2.45, 2.75) is 25.9 Å². The average molecular weight is 357 g/mol. The maximum Gasteiger partial charge on any atom is 0.220 e. The molecule has 1 unspecified atom stereocenters. The van der Waals surface area contributed by atoms with Gasteiger partial charge in [-0.1, -0.05) is 36.4 Å². The van der Waals surface area contributed by atoms with Gasteiger partial charge in [0.05, 0.1) is 6.04 Å². The van der Waals surface area contributed by atoms with E-state index < -0.39 is 0 Å². The van der Waals surface area contributed by atoms with Crippen molar-refractivity contribution in [3.8, 4) is 11.1 Å². The van der Waals surface area contributed by atoms with Crippen LogP contribution in [0.25, 0.3) is 11.1 Å². The van der Waals surface area contributed by atoms with Crippen LogP contribution in [0, 0.1) is 0 Å². The van der Waals surface area contributed by atoms with Crippen LogP contribution >= 0.6 is 0 Å². The van der Waals surface area contributed by atoms with Crippen molar-refractivity contribution in [1.29, 1.82) is 0 Å². The second kappa shape index (κ2) is 7.62. The Morgan fingerprint density at radius 1 is 1.07 bits per heavy atom. The minimum atomic E-state index is 0.111. The minimum Gasteiger partial charge on any atom is -0.383 e. The van der Waals surface area contributed by atoms with E-state index in [9.17, 15) is 4.79 Å². The van der Waals surface area contributed by atoms with Gasteiger partial charge in [0.1, 0.15) is 0 Å². The largest absolute Gasteiger partial charge is 0.383 e. The number of nitrogens with one attached hydrogen (secondary N) is 1. The highest BCUT2D eigenvalue weighted by atomic mass is 16.2. The molecular formula is C23H23N3O. The van der Waals surface area contributed by atoms with Crippen LogP contribution in [0.2, 0.25) is 0 Å². The first-order chi connectivity index (χ1) is 13.2. The zero-order valence-corrected chi connectivity index (χ0v) is 15.4. The van der Waals surface area contributed by atoms with E-state index >= 15 is 0 Å². The number of carbonyl (C=O) groups excluding carboxylic acids is 1. The van der Waals surface area contributed by atoms with Gasteiger partial charge in [0.25, 0.3) is 0 Å². The fraction of sp³-hybridized carbons (Fsp3) is 0.217. The predicted molar refractivity (Wildman–Crippen MR) is 108 cm³/mol. The number of anilines is 1. The number of hydrogen-bond donors (Lipinski definition) is 1. The summed E-state index contributed by atoms with van der Waals surface area (Å²) in [5.41, 5.74) is 5.78. The van der Waals surface area contributed by atoms with Gasteiger partial charge in [0, 0.05) is 38.1 Å². The third kappa shape index (κ3) is 3.85. The Balaban J connectivity index is 1.63. The quantitative estimate of drug-likeness (QED) is 0.766. The lowest BCUT2D eigenvalue weighted by Crippen LogP contribution is -2.42. The number of carbonyl (C=O) groups is 1. The molecule has 4 heteroatoms. The SMILES string of the molecule is CC(=O)N1Cc2cc(-c3ccncc3)ccc2NCC1Cc1ccccc1. The monoisotopic (exact) mass is 357 g/mol. The van der Waals surface area contributed by atoms with Crippen LogP contribution in [0.1, 0.15) is 18.1 Å². The van der Waals surface area contributed by atoms with E-state index in [-0.39, 0.29) is 11.9 Å². The Hall–Kier alpha value is -3.14. The van der Waals surface area contributed by atoms with Gasteiger partial charge in [0.15, 0.2) is 0 Å². The van der Waals surface area contributed by atoms with E-state index in [0.717, 1.165) is 35.3 Å². The van der Waals surface area contributed by atoms with Crippen molar-refractivity contribution in [2.24, 2.45) is 0 Å². The number of aromatic nitrogens is 1. The van der Waals surface area contributed by atoms with Crippen LogP contribution in [0.3, 0.4) is 0 Å². The van der Waals surface area contributed by atoms with E-state index in [1.54, 1.807) is 19.3 Å². The van der Waals surface area contributed by atoms with Crippen molar-refractivity contribution in [2.75, 3.05) is 11.9 Å². The minimum absolute atomic E-state index is 0.111. The average Bonchev–Trinajstić information content (AvgIpc) is 2.89. The maximum atomic E-state index is 12.4. The van der Waals surface area contributed by atoms with Crippen LogP contribution in [-0.2, 0) is 17.8 Å². The fourth-order valence-electron chi connectivity index (χ4n) is 3.71. The Labute approximate surface area is 159 Å². The fourth-order valence-corrected chi connectivity index (χ4v) is 3.71. The molecule has 0 spiro atoms. The number of nitrogens with zero attached hydrogens (tertiary/aromatic N) is 2. The van der Waals surface area contributed by atoms with Gasteiger partial charge in [-0.2, -0.15) is 0 Å². The first-order valence-electron chi connectivity index (χ1n) is 9.29. The highest BCUT2D eigenvalue weighted by Gasteiger charge is 2.26. The first kappa shape index (κ1) is 17.3. The number of benzene rings is 2. The number of amides is 1. The third-order valence-electron chi connectivity index (χ3n) is 5.15. The number of hydrogen-bond acceptors (Lipinski definition) is 3. The molecule has 0 aliphatic carbocycles. The molecule has 0 bridgehead atoms. The second-order valence-corrected chi connectivity index (χ2v) is 6.98. The van der Waals surface area contributed by atoms with Crippen molar-refractivity contribution in [3.05, 3.63) is 84.2 Å². The maximum absolute atomic E-state index is 12.4. The van der Waals surface area contributed by atoms with Crippen LogP contribution in [-0.4, -0.2) is 28.4 Å². The van der Waals surface area contributed by atoms with Crippen molar-refractivity contribution >= 4 is 11.6 Å². The van der Waals surface area contributed by atoms with Gasteiger partial charge in [0.2, 0.25) is 5.91 Å². The molecule has 1 aliphatic heterocycles. The molecule has 1 N–H and O–H groups in total. The molecule has 2 aromatic carbocycles. The molecule has 0 saturated heterocycles. The van der Waals surface area contributed by atoms with E-state index in [2.05, 4.69) is 40.6 Å². The lowest BCUT2D eigenvalue weighted by molar-refractivity contribution is -0.131. The molecule has 0 radical (unpaired) electrons. The zero-order valence-electron chi connectivity index (χ0n) is 15.4. The summed E-state index contributed by atoms with van der Waals surface area (Å²) in [6.07, 6.45) is 4.45. The van der Waals surface area contributed by atoms with Gasteiger partial charge in [-0.3, -0.25) is 9.78 Å². The van der Waals surface area contributed by atoms with Crippen molar-refractivity contribution in [1.82, 2.24) is 9.88 Å². The molecule has 27 heavy (non-hydrogen) atoms. The van der Waals surface area contributed by atoms with Gasteiger partial charge in [-0.05, 0) is 52.9 Å². The van der Waals surface area contributed by atoms with Crippen molar-refractivity contribution < 1.29 is 4.79 Å². The lowest BCUT2D eigenvalue weighted by Gasteiger charge is -2.29. The molecule has 1 atom stereocenters. The standard InChI is InChI=1S/C23H23N3O/c1-17(27)26-16-21-14-20(19-9-11-24-12-10-19)7-8-23(21)25-15-22(26)13-18-5-3-2-4-6-18/h2-12,14,22,25H,13,15-16H2,1H3. The van der Waals surface area contributed by atoms with Crippen LogP contribution in [0.15, 0.2) is 73.1 Å². The third-order valence-corrected chi connectivity index (χ3v) is 5.15. The summed E-state index contributed by atoms with van der Waals surface area (Å²) in [7, 11) is 0. The van der Waals surface area contributed by atoms with E-state index in [0.29, 0.717) is 6.54 Å². The zero-order chi connectivity index (χ0) is 18.6. The molecular weight excluding hydrogens is 334 g/mol. The number of rotatable bonds is 3. The topological polar surface area (TPSA) is 45.2 Å². The molecule has 1 aromatic heterocycles. The van der Waals surface area contributed by atoms with Gasteiger partial charge < -0.3 is 10.2 Å². The highest BCUT2D eigenvalue weighted by molar-refractivity contribution is 5.75. The Kier molecular flexibility index (Phi) is 4.88. The van der Waals surface area contributed by atoms with Gasteiger partial charge in [-0.15, -0.1) is 0 Å². The van der Waals surface area contributed by atoms with E-state index in [1.165, 1.54) is 5.56 Å². The van der Waals surface area contributed by atoms with Crippen LogP contribution in [0.4, 0.5) is 5.69 Å². The summed E-state index contributed by atoms with van der Waals surface area (Å²) in [5, 5.41) is 3.55. The molecule has 1 amide bonds. The second-order valence-electron chi connectivity index (χ2n) is 6.98. The van der Waals surface area contributed by atoms with Gasteiger partial charge >= 0.3 is 0 Å². The molecule has 4 nitrogen and oxygen atoms in total. The first-order valence-corrected chi connectivity index (χ1v) is 9.29. The molecule has 2 heterocycles. The molecule has 0 fully saturated rings. The van der Waals surface area contributed by atoms with Crippen LogP contribution in [0.5, 0.6) is 0 Å². The summed E-state index contributed by atoms with van der Waals surface area (Å²) < 4.78 is 0. The number of pyridine rings is 1. The predicted octanol–water partition coefficient (Wildman–Crippen LogP) is 4.13. The van der Waals surface area contributed by atoms with Crippen molar-refractivity contribution in [3.63, 3.8) is 0 Å². The summed E-state index contributed by atoms with van der Waals surface area (Å²) in [5.74, 6) is 0.111. The van der Waals surface area contributed by atoms with Gasteiger partial charge in [-0.25, -0.2) is 0 Å². The smallest absolute Gasteiger partial charge is 0.220 e. The molecule has 3 aromatic rings.